The lowest BCUT2D eigenvalue weighted by atomic mass is 9.85. The molecule has 0 aromatic heterocycles. The van der Waals surface area contributed by atoms with Crippen molar-refractivity contribution in [1.82, 2.24) is 4.90 Å². The zero-order chi connectivity index (χ0) is 18.7. The number of hydrogen-bond acceptors (Lipinski definition) is 4. The molecular weight excluding hydrogens is 318 g/mol. The third kappa shape index (κ3) is 3.70. The van der Waals surface area contributed by atoms with Gasteiger partial charge in [-0.2, -0.15) is 0 Å². The van der Waals surface area contributed by atoms with E-state index >= 15 is 0 Å². The average Bonchev–Trinajstić information content (AvgIpc) is 2.87. The Hall–Kier alpha value is -2.30. The fourth-order valence-electron chi connectivity index (χ4n) is 3.15. The van der Waals surface area contributed by atoms with Gasteiger partial charge in [0.25, 0.3) is 0 Å². The summed E-state index contributed by atoms with van der Waals surface area (Å²) in [6, 6.07) is 9.65. The molecule has 0 radical (unpaired) electrons. The van der Waals surface area contributed by atoms with Crippen LogP contribution in [-0.2, 0) is 20.7 Å². The van der Waals surface area contributed by atoms with Gasteiger partial charge in [0.1, 0.15) is 6.61 Å². The van der Waals surface area contributed by atoms with Crippen molar-refractivity contribution < 1.29 is 19.1 Å². The Kier molecular flexibility index (Phi) is 5.55. The van der Waals surface area contributed by atoms with E-state index in [-0.39, 0.29) is 12.6 Å². The highest BCUT2D eigenvalue weighted by Crippen LogP contribution is 2.42. The molecule has 1 aromatic carbocycles. The SMILES string of the molecule is C=CCOC(=O)N1[C@H](C(C)(C)C)OC(=O)[C@]1(CC)Cc1ccccc1. The van der Waals surface area contributed by atoms with Crippen LogP contribution < -0.4 is 0 Å². The maximum atomic E-state index is 12.9. The lowest BCUT2D eigenvalue weighted by Crippen LogP contribution is -2.57. The van der Waals surface area contributed by atoms with E-state index in [1.54, 1.807) is 0 Å². The normalized spacial score (nSPS) is 23.3. The Morgan fingerprint density at radius 3 is 2.52 bits per heavy atom. The van der Waals surface area contributed by atoms with Crippen LogP contribution in [0.15, 0.2) is 43.0 Å². The minimum Gasteiger partial charge on any atom is -0.445 e. The second kappa shape index (κ2) is 7.30. The lowest BCUT2D eigenvalue weighted by Gasteiger charge is -2.38. The summed E-state index contributed by atoms with van der Waals surface area (Å²) in [6.45, 7) is 11.4. The molecule has 2 atom stereocenters. The Morgan fingerprint density at radius 1 is 1.36 bits per heavy atom. The van der Waals surface area contributed by atoms with Gasteiger partial charge in [0.15, 0.2) is 11.8 Å². The third-order valence-electron chi connectivity index (χ3n) is 4.48. The van der Waals surface area contributed by atoms with Gasteiger partial charge in [-0.1, -0.05) is 70.7 Å². The van der Waals surface area contributed by atoms with Crippen LogP contribution in [0.3, 0.4) is 0 Å². The number of rotatable bonds is 5. The lowest BCUT2D eigenvalue weighted by molar-refractivity contribution is -0.149. The zero-order valence-corrected chi connectivity index (χ0v) is 15.5. The number of carbonyl (C=O) groups excluding carboxylic acids is 2. The van der Waals surface area contributed by atoms with Crippen molar-refractivity contribution in [3.8, 4) is 0 Å². The number of amides is 1. The van der Waals surface area contributed by atoms with Crippen LogP contribution in [-0.4, -0.2) is 35.3 Å². The Labute approximate surface area is 149 Å². The molecule has 0 aliphatic carbocycles. The molecule has 1 saturated heterocycles. The fourth-order valence-corrected chi connectivity index (χ4v) is 3.15. The van der Waals surface area contributed by atoms with Crippen LogP contribution >= 0.6 is 0 Å². The van der Waals surface area contributed by atoms with Crippen molar-refractivity contribution in [3.05, 3.63) is 48.6 Å². The molecular formula is C20H27NO4. The molecule has 0 unspecified atom stereocenters. The van der Waals surface area contributed by atoms with Crippen LogP contribution in [0.4, 0.5) is 4.79 Å². The second-order valence-corrected chi connectivity index (χ2v) is 7.41. The van der Waals surface area contributed by atoms with E-state index in [4.69, 9.17) is 9.47 Å². The van der Waals surface area contributed by atoms with Crippen molar-refractivity contribution in [3.63, 3.8) is 0 Å². The number of benzene rings is 1. The monoisotopic (exact) mass is 345 g/mol. The number of nitrogens with zero attached hydrogens (tertiary/aromatic N) is 1. The Morgan fingerprint density at radius 2 is 2.00 bits per heavy atom. The molecule has 0 bridgehead atoms. The molecule has 5 nitrogen and oxygen atoms in total. The first-order valence-electron chi connectivity index (χ1n) is 8.58. The van der Waals surface area contributed by atoms with E-state index in [2.05, 4.69) is 6.58 Å². The molecule has 1 aliphatic rings. The highest BCUT2D eigenvalue weighted by Gasteiger charge is 2.59. The van der Waals surface area contributed by atoms with Gasteiger partial charge >= 0.3 is 12.1 Å². The molecule has 2 rings (SSSR count). The minimum atomic E-state index is -1.07. The molecule has 5 heteroatoms. The molecule has 1 fully saturated rings. The van der Waals surface area contributed by atoms with E-state index < -0.39 is 23.3 Å². The molecule has 25 heavy (non-hydrogen) atoms. The molecule has 0 N–H and O–H groups in total. The molecule has 136 valence electrons. The van der Waals surface area contributed by atoms with E-state index in [0.717, 1.165) is 5.56 Å². The van der Waals surface area contributed by atoms with Crippen molar-refractivity contribution in [2.24, 2.45) is 5.41 Å². The summed E-state index contributed by atoms with van der Waals surface area (Å²) in [6.07, 6.45) is 1.10. The van der Waals surface area contributed by atoms with Gasteiger partial charge in [-0.05, 0) is 12.0 Å². The van der Waals surface area contributed by atoms with Crippen LogP contribution in [0.25, 0.3) is 0 Å². The summed E-state index contributed by atoms with van der Waals surface area (Å²) >= 11 is 0. The standard InChI is InChI=1S/C20H27NO4/c1-6-13-24-18(23)21-16(19(3,4)5)25-17(22)20(21,7-2)14-15-11-9-8-10-12-15/h6,8-12,16H,1,7,13-14H2,2-5H3/t16-,20-/m0/s1. The quantitative estimate of drug-likeness (QED) is 0.599. The molecule has 1 aliphatic heterocycles. The molecule has 1 aromatic rings. The van der Waals surface area contributed by atoms with E-state index in [9.17, 15) is 9.59 Å². The van der Waals surface area contributed by atoms with Crippen LogP contribution in [0, 0.1) is 5.41 Å². The van der Waals surface area contributed by atoms with Gasteiger partial charge in [-0.15, -0.1) is 0 Å². The number of hydrogen-bond donors (Lipinski definition) is 0. The number of cyclic esters (lactones) is 1. The summed E-state index contributed by atoms with van der Waals surface area (Å²) in [4.78, 5) is 27.2. The first kappa shape index (κ1) is 19.0. The van der Waals surface area contributed by atoms with Gasteiger partial charge in [-0.25, -0.2) is 9.59 Å². The third-order valence-corrected chi connectivity index (χ3v) is 4.48. The first-order chi connectivity index (χ1) is 11.8. The number of esters is 1. The molecule has 0 spiro atoms. The summed E-state index contributed by atoms with van der Waals surface area (Å²) in [5, 5.41) is 0. The van der Waals surface area contributed by atoms with Crippen LogP contribution in [0.2, 0.25) is 0 Å². The van der Waals surface area contributed by atoms with Crippen LogP contribution in [0.5, 0.6) is 0 Å². The summed E-state index contributed by atoms with van der Waals surface area (Å²) < 4.78 is 11.0. The average molecular weight is 345 g/mol. The second-order valence-electron chi connectivity index (χ2n) is 7.41. The summed E-state index contributed by atoms with van der Waals surface area (Å²) in [5.41, 5.74) is -0.536. The van der Waals surface area contributed by atoms with Crippen molar-refractivity contribution >= 4 is 12.1 Å². The predicted molar refractivity (Wildman–Crippen MR) is 95.9 cm³/mol. The van der Waals surface area contributed by atoms with Crippen LogP contribution in [0.1, 0.15) is 39.7 Å². The Balaban J connectivity index is 2.47. The van der Waals surface area contributed by atoms with Crippen molar-refractivity contribution in [1.29, 1.82) is 0 Å². The van der Waals surface area contributed by atoms with Crippen molar-refractivity contribution in [2.45, 2.75) is 52.3 Å². The highest BCUT2D eigenvalue weighted by atomic mass is 16.6. The number of ether oxygens (including phenoxy) is 2. The van der Waals surface area contributed by atoms with Gasteiger partial charge in [0.05, 0.1) is 0 Å². The molecule has 1 heterocycles. The maximum Gasteiger partial charge on any atom is 0.413 e. The van der Waals surface area contributed by atoms with Gasteiger partial charge in [-0.3, -0.25) is 4.90 Å². The first-order valence-corrected chi connectivity index (χ1v) is 8.58. The minimum absolute atomic E-state index is 0.0888. The summed E-state index contributed by atoms with van der Waals surface area (Å²) in [5.74, 6) is -0.380. The number of carbonyl (C=O) groups is 2. The molecule has 1 amide bonds. The summed E-state index contributed by atoms with van der Waals surface area (Å²) in [7, 11) is 0. The van der Waals surface area contributed by atoms with Gasteiger partial charge in [0.2, 0.25) is 0 Å². The van der Waals surface area contributed by atoms with Gasteiger partial charge < -0.3 is 9.47 Å². The maximum absolute atomic E-state index is 12.9. The van der Waals surface area contributed by atoms with E-state index in [0.29, 0.717) is 12.8 Å². The fraction of sp³-hybridized carbons (Fsp3) is 0.500. The molecule has 0 saturated carbocycles. The Bertz CT molecular complexity index is 635. The predicted octanol–water partition coefficient (Wildman–Crippen LogP) is 3.93. The largest absolute Gasteiger partial charge is 0.445 e. The highest BCUT2D eigenvalue weighted by molar-refractivity contribution is 5.89. The van der Waals surface area contributed by atoms with Crippen molar-refractivity contribution in [2.75, 3.05) is 6.61 Å². The smallest absolute Gasteiger partial charge is 0.413 e. The van der Waals surface area contributed by atoms with E-state index in [1.807, 2.05) is 58.0 Å². The topological polar surface area (TPSA) is 55.8 Å². The zero-order valence-electron chi connectivity index (χ0n) is 15.5. The van der Waals surface area contributed by atoms with E-state index in [1.165, 1.54) is 11.0 Å². The van der Waals surface area contributed by atoms with Gasteiger partial charge in [0, 0.05) is 11.8 Å².